The summed E-state index contributed by atoms with van der Waals surface area (Å²) in [6.45, 7) is 10.8. The largest absolute Gasteiger partial charge is 0.373 e. The quantitative estimate of drug-likeness (QED) is 0.436. The molecule has 0 N–H and O–H groups in total. The first-order valence-corrected chi connectivity index (χ1v) is 4.53. The third-order valence-electron chi connectivity index (χ3n) is 2.40. The molecule has 0 aromatic rings. The van der Waals surface area contributed by atoms with Gasteiger partial charge in [-0.3, -0.25) is 0 Å². The van der Waals surface area contributed by atoms with Crippen molar-refractivity contribution in [3.8, 4) is 0 Å². The van der Waals surface area contributed by atoms with Crippen LogP contribution in [0.4, 0.5) is 0 Å². The molecule has 1 rings (SSSR count). The lowest BCUT2D eigenvalue weighted by molar-refractivity contribution is 0.257. The Morgan fingerprint density at radius 3 is 2.25 bits per heavy atom. The second-order valence-corrected chi connectivity index (χ2v) is 3.96. The Kier molecular flexibility index (Phi) is 3.10. The fourth-order valence-corrected chi connectivity index (χ4v) is 1.68. The molecule has 0 saturated carbocycles. The molecule has 0 aromatic heterocycles. The molecule has 0 radical (unpaired) electrons. The van der Waals surface area contributed by atoms with Gasteiger partial charge < -0.3 is 4.74 Å². The standard InChI is InChI=1S/C11H18O/c1-4-6-11(3,7-5-2)8-10-9-12-10/h4-5,10H,1-2,6-9H2,3H3. The zero-order valence-corrected chi connectivity index (χ0v) is 7.88. The average molecular weight is 166 g/mol. The maximum Gasteiger partial charge on any atom is 0.0815 e. The van der Waals surface area contributed by atoms with Crippen LogP contribution in [-0.2, 0) is 4.74 Å². The van der Waals surface area contributed by atoms with Crippen LogP contribution in [0.3, 0.4) is 0 Å². The predicted octanol–water partition coefficient (Wildman–Crippen LogP) is 2.93. The number of epoxide rings is 1. The third kappa shape index (κ3) is 2.82. The van der Waals surface area contributed by atoms with Gasteiger partial charge >= 0.3 is 0 Å². The van der Waals surface area contributed by atoms with Gasteiger partial charge in [-0.1, -0.05) is 19.1 Å². The Morgan fingerprint density at radius 1 is 1.42 bits per heavy atom. The number of ether oxygens (including phenoxy) is 1. The minimum absolute atomic E-state index is 0.324. The molecular weight excluding hydrogens is 148 g/mol. The first-order chi connectivity index (χ1) is 5.70. The van der Waals surface area contributed by atoms with Gasteiger partial charge in [0.2, 0.25) is 0 Å². The lowest BCUT2D eigenvalue weighted by Crippen LogP contribution is -2.17. The lowest BCUT2D eigenvalue weighted by Gasteiger charge is -2.25. The Morgan fingerprint density at radius 2 is 1.92 bits per heavy atom. The summed E-state index contributed by atoms with van der Waals surface area (Å²) in [7, 11) is 0. The van der Waals surface area contributed by atoms with Gasteiger partial charge in [0.25, 0.3) is 0 Å². The van der Waals surface area contributed by atoms with Crippen LogP contribution in [0.1, 0.15) is 26.2 Å². The van der Waals surface area contributed by atoms with E-state index in [0.717, 1.165) is 25.9 Å². The molecule has 1 aliphatic heterocycles. The van der Waals surface area contributed by atoms with Gasteiger partial charge in [0.15, 0.2) is 0 Å². The summed E-state index contributed by atoms with van der Waals surface area (Å²) in [6, 6.07) is 0. The molecule has 68 valence electrons. The van der Waals surface area contributed by atoms with Crippen molar-refractivity contribution in [3.63, 3.8) is 0 Å². The summed E-state index contributed by atoms with van der Waals surface area (Å²) >= 11 is 0. The van der Waals surface area contributed by atoms with E-state index in [2.05, 4.69) is 20.1 Å². The van der Waals surface area contributed by atoms with Crippen LogP contribution in [0.5, 0.6) is 0 Å². The first-order valence-electron chi connectivity index (χ1n) is 4.53. The topological polar surface area (TPSA) is 12.5 Å². The van der Waals surface area contributed by atoms with Crippen LogP contribution in [0.15, 0.2) is 25.3 Å². The van der Waals surface area contributed by atoms with E-state index in [1.807, 2.05) is 12.2 Å². The van der Waals surface area contributed by atoms with Crippen LogP contribution in [0.25, 0.3) is 0 Å². The fraction of sp³-hybridized carbons (Fsp3) is 0.636. The molecule has 0 amide bonds. The second kappa shape index (κ2) is 3.90. The van der Waals surface area contributed by atoms with Crippen molar-refractivity contribution in [2.24, 2.45) is 5.41 Å². The minimum atomic E-state index is 0.324. The molecule has 1 heteroatoms. The first kappa shape index (κ1) is 9.53. The maximum atomic E-state index is 5.23. The predicted molar refractivity (Wildman–Crippen MR) is 52.1 cm³/mol. The summed E-state index contributed by atoms with van der Waals surface area (Å²) in [5.74, 6) is 0. The lowest BCUT2D eigenvalue weighted by atomic mass is 9.79. The highest BCUT2D eigenvalue weighted by Gasteiger charge is 2.32. The van der Waals surface area contributed by atoms with Crippen molar-refractivity contribution in [1.29, 1.82) is 0 Å². The molecule has 1 nitrogen and oxygen atoms in total. The highest BCUT2D eigenvalue weighted by Crippen LogP contribution is 2.36. The molecule has 0 bridgehead atoms. The van der Waals surface area contributed by atoms with Gasteiger partial charge in [-0.15, -0.1) is 13.2 Å². The Hall–Kier alpha value is -0.560. The molecule has 12 heavy (non-hydrogen) atoms. The number of hydrogen-bond donors (Lipinski definition) is 0. The van der Waals surface area contributed by atoms with Crippen LogP contribution < -0.4 is 0 Å². The van der Waals surface area contributed by atoms with E-state index in [0.29, 0.717) is 11.5 Å². The van der Waals surface area contributed by atoms with Gasteiger partial charge in [0.1, 0.15) is 0 Å². The van der Waals surface area contributed by atoms with Crippen LogP contribution in [0, 0.1) is 5.41 Å². The highest BCUT2D eigenvalue weighted by molar-refractivity contribution is 4.92. The number of allylic oxidation sites excluding steroid dienone is 2. The third-order valence-corrected chi connectivity index (χ3v) is 2.40. The van der Waals surface area contributed by atoms with E-state index in [9.17, 15) is 0 Å². The molecule has 1 unspecified atom stereocenters. The van der Waals surface area contributed by atoms with Crippen molar-refractivity contribution < 1.29 is 4.74 Å². The van der Waals surface area contributed by atoms with E-state index < -0.39 is 0 Å². The minimum Gasteiger partial charge on any atom is -0.373 e. The zero-order valence-electron chi connectivity index (χ0n) is 7.88. The molecule has 0 aromatic carbocycles. The Balaban J connectivity index is 2.42. The summed E-state index contributed by atoms with van der Waals surface area (Å²) in [4.78, 5) is 0. The molecule has 1 heterocycles. The van der Waals surface area contributed by atoms with E-state index in [4.69, 9.17) is 4.74 Å². The van der Waals surface area contributed by atoms with E-state index in [-0.39, 0.29) is 0 Å². The van der Waals surface area contributed by atoms with Crippen molar-refractivity contribution in [3.05, 3.63) is 25.3 Å². The van der Waals surface area contributed by atoms with Crippen LogP contribution >= 0.6 is 0 Å². The van der Waals surface area contributed by atoms with Crippen LogP contribution in [-0.4, -0.2) is 12.7 Å². The normalized spacial score (nSPS) is 21.9. The summed E-state index contributed by atoms with van der Waals surface area (Å²) in [6.07, 6.45) is 7.75. The van der Waals surface area contributed by atoms with Crippen molar-refractivity contribution in [2.45, 2.75) is 32.3 Å². The second-order valence-electron chi connectivity index (χ2n) is 3.96. The zero-order chi connectivity index (χ0) is 9.03. The maximum absolute atomic E-state index is 5.23. The Labute approximate surface area is 75.1 Å². The van der Waals surface area contributed by atoms with Crippen molar-refractivity contribution >= 4 is 0 Å². The van der Waals surface area contributed by atoms with Gasteiger partial charge in [-0.25, -0.2) is 0 Å². The molecular formula is C11H18O. The van der Waals surface area contributed by atoms with Crippen LogP contribution in [0.2, 0.25) is 0 Å². The fourth-order valence-electron chi connectivity index (χ4n) is 1.68. The monoisotopic (exact) mass is 166 g/mol. The molecule has 1 saturated heterocycles. The van der Waals surface area contributed by atoms with Crippen molar-refractivity contribution in [2.75, 3.05) is 6.61 Å². The van der Waals surface area contributed by atoms with Gasteiger partial charge in [0.05, 0.1) is 12.7 Å². The molecule has 1 aliphatic rings. The smallest absolute Gasteiger partial charge is 0.0815 e. The number of hydrogen-bond acceptors (Lipinski definition) is 1. The molecule has 0 aliphatic carbocycles. The molecule has 1 atom stereocenters. The van der Waals surface area contributed by atoms with E-state index in [1.165, 1.54) is 0 Å². The van der Waals surface area contributed by atoms with Gasteiger partial charge in [0, 0.05) is 0 Å². The summed E-state index contributed by atoms with van der Waals surface area (Å²) in [5.41, 5.74) is 0.324. The number of rotatable bonds is 6. The SMILES string of the molecule is C=CCC(C)(CC=C)CC1CO1. The summed E-state index contributed by atoms with van der Waals surface area (Å²) < 4.78 is 5.23. The molecule has 0 spiro atoms. The average Bonchev–Trinajstić information content (AvgIpc) is 2.72. The van der Waals surface area contributed by atoms with Gasteiger partial charge in [-0.2, -0.15) is 0 Å². The van der Waals surface area contributed by atoms with E-state index >= 15 is 0 Å². The van der Waals surface area contributed by atoms with Crippen molar-refractivity contribution in [1.82, 2.24) is 0 Å². The Bertz CT molecular complexity index is 158. The highest BCUT2D eigenvalue weighted by atomic mass is 16.6. The molecule has 1 fully saturated rings. The summed E-state index contributed by atoms with van der Waals surface area (Å²) in [5, 5.41) is 0. The van der Waals surface area contributed by atoms with Gasteiger partial charge in [-0.05, 0) is 24.7 Å². The van der Waals surface area contributed by atoms with E-state index in [1.54, 1.807) is 0 Å².